The molecule has 4 heterocycles. The highest BCUT2D eigenvalue weighted by molar-refractivity contribution is 5.92. The fourth-order valence-electron chi connectivity index (χ4n) is 2.95. The van der Waals surface area contributed by atoms with E-state index in [-0.39, 0.29) is 5.91 Å². The molecule has 4 rings (SSSR count). The van der Waals surface area contributed by atoms with E-state index in [2.05, 4.69) is 30.2 Å². The number of amides is 1. The van der Waals surface area contributed by atoms with E-state index in [4.69, 9.17) is 0 Å². The predicted molar refractivity (Wildman–Crippen MR) is 102 cm³/mol. The molecule has 1 aliphatic rings. The van der Waals surface area contributed by atoms with E-state index < -0.39 is 0 Å². The number of hydrogen-bond acceptors (Lipinski definition) is 7. The largest absolute Gasteiger partial charge is 0.353 e. The van der Waals surface area contributed by atoms with E-state index in [0.717, 1.165) is 11.6 Å². The quantitative estimate of drug-likeness (QED) is 0.760. The molecule has 0 aromatic carbocycles. The van der Waals surface area contributed by atoms with Crippen LogP contribution in [0.15, 0.2) is 61.2 Å². The van der Waals surface area contributed by atoms with Crippen LogP contribution in [0.5, 0.6) is 0 Å². The molecule has 8 heteroatoms. The van der Waals surface area contributed by atoms with Crippen LogP contribution < -0.4 is 10.2 Å². The molecule has 0 atom stereocenters. The van der Waals surface area contributed by atoms with Gasteiger partial charge in [0.15, 0.2) is 0 Å². The normalized spacial score (nSPS) is 14.1. The van der Waals surface area contributed by atoms with Crippen LogP contribution in [0, 0.1) is 0 Å². The Hall–Kier alpha value is -3.55. The van der Waals surface area contributed by atoms with Crippen LogP contribution in [0.3, 0.4) is 0 Å². The van der Waals surface area contributed by atoms with Gasteiger partial charge in [0.25, 0.3) is 5.91 Å². The molecule has 136 valence electrons. The lowest BCUT2D eigenvalue weighted by Crippen LogP contribution is -2.49. The second-order valence-corrected chi connectivity index (χ2v) is 6.10. The topological polar surface area (TPSA) is 87.1 Å². The lowest BCUT2D eigenvalue weighted by Gasteiger charge is -2.35. The molecule has 0 unspecified atom stereocenters. The lowest BCUT2D eigenvalue weighted by molar-refractivity contribution is 0.0740. The summed E-state index contributed by atoms with van der Waals surface area (Å²) in [5.74, 6) is 2.21. The maximum atomic E-state index is 12.5. The van der Waals surface area contributed by atoms with Crippen molar-refractivity contribution in [3.8, 4) is 0 Å². The summed E-state index contributed by atoms with van der Waals surface area (Å²) in [4.78, 5) is 33.5. The van der Waals surface area contributed by atoms with Crippen LogP contribution in [0.25, 0.3) is 0 Å². The minimum atomic E-state index is -0.0320. The van der Waals surface area contributed by atoms with Crippen LogP contribution in [0.1, 0.15) is 10.5 Å². The van der Waals surface area contributed by atoms with Crippen molar-refractivity contribution in [1.82, 2.24) is 24.8 Å². The molecule has 1 amide bonds. The number of anilines is 3. The summed E-state index contributed by atoms with van der Waals surface area (Å²) in [6, 6.07) is 12.9. The number of piperazine rings is 1. The number of nitrogens with zero attached hydrogens (tertiary/aromatic N) is 6. The van der Waals surface area contributed by atoms with E-state index in [0.29, 0.717) is 37.7 Å². The third-order valence-corrected chi connectivity index (χ3v) is 4.35. The van der Waals surface area contributed by atoms with Crippen molar-refractivity contribution in [1.29, 1.82) is 0 Å². The molecule has 1 saturated heterocycles. The summed E-state index contributed by atoms with van der Waals surface area (Å²) >= 11 is 0. The first-order chi connectivity index (χ1) is 13.3. The molecular weight excluding hydrogens is 342 g/mol. The minimum absolute atomic E-state index is 0.0320. The smallest absolute Gasteiger partial charge is 0.272 e. The van der Waals surface area contributed by atoms with Gasteiger partial charge in [0, 0.05) is 44.6 Å². The Morgan fingerprint density at radius 2 is 1.63 bits per heavy atom. The van der Waals surface area contributed by atoms with Crippen molar-refractivity contribution in [2.75, 3.05) is 36.4 Å². The van der Waals surface area contributed by atoms with Gasteiger partial charge in [-0.3, -0.25) is 9.78 Å². The summed E-state index contributed by atoms with van der Waals surface area (Å²) < 4.78 is 0. The van der Waals surface area contributed by atoms with Gasteiger partial charge < -0.3 is 15.1 Å². The Bertz CT molecular complexity index is 896. The average molecular weight is 361 g/mol. The number of nitrogens with one attached hydrogen (secondary N) is 1. The van der Waals surface area contributed by atoms with Crippen LogP contribution in [0.4, 0.5) is 17.5 Å². The Morgan fingerprint density at radius 3 is 2.33 bits per heavy atom. The van der Waals surface area contributed by atoms with E-state index in [1.54, 1.807) is 24.5 Å². The van der Waals surface area contributed by atoms with Crippen LogP contribution >= 0.6 is 0 Å². The van der Waals surface area contributed by atoms with Gasteiger partial charge in [0.1, 0.15) is 29.5 Å². The lowest BCUT2D eigenvalue weighted by atomic mass is 10.2. The highest BCUT2D eigenvalue weighted by Crippen LogP contribution is 2.19. The van der Waals surface area contributed by atoms with Crippen molar-refractivity contribution in [2.24, 2.45) is 0 Å². The Morgan fingerprint density at radius 1 is 0.852 bits per heavy atom. The third kappa shape index (κ3) is 4.00. The molecule has 3 aromatic heterocycles. The Kier molecular flexibility index (Phi) is 4.86. The number of aromatic nitrogens is 4. The molecule has 0 radical (unpaired) electrons. The summed E-state index contributed by atoms with van der Waals surface area (Å²) in [6.45, 7) is 2.67. The SMILES string of the molecule is O=C(c1ccccn1)N1CCN(c2cc(Nc3ccccn3)ncn2)CC1. The van der Waals surface area contributed by atoms with Gasteiger partial charge in [-0.25, -0.2) is 15.0 Å². The molecule has 0 aliphatic carbocycles. The summed E-state index contributed by atoms with van der Waals surface area (Å²) in [5, 5.41) is 3.17. The van der Waals surface area contributed by atoms with Gasteiger partial charge in [0.05, 0.1) is 0 Å². The fraction of sp³-hybridized carbons (Fsp3) is 0.211. The highest BCUT2D eigenvalue weighted by Gasteiger charge is 2.23. The molecule has 27 heavy (non-hydrogen) atoms. The standard InChI is InChI=1S/C19H19N7O/c27-19(15-5-1-3-7-20-15)26-11-9-25(10-12-26)18-13-17(22-14-23-18)24-16-6-2-4-8-21-16/h1-8,13-14H,9-12H2,(H,21,22,23,24). The minimum Gasteiger partial charge on any atom is -0.353 e. The van der Waals surface area contributed by atoms with Crippen LogP contribution in [-0.4, -0.2) is 56.9 Å². The van der Waals surface area contributed by atoms with Crippen LogP contribution in [0.2, 0.25) is 0 Å². The molecular formula is C19H19N7O. The highest BCUT2D eigenvalue weighted by atomic mass is 16.2. The number of pyridine rings is 2. The number of rotatable bonds is 4. The van der Waals surface area contributed by atoms with Crippen molar-refractivity contribution >= 4 is 23.4 Å². The number of carbonyl (C=O) groups excluding carboxylic acids is 1. The zero-order valence-corrected chi connectivity index (χ0v) is 14.7. The van der Waals surface area contributed by atoms with E-state index in [1.807, 2.05) is 35.2 Å². The van der Waals surface area contributed by atoms with Crippen molar-refractivity contribution in [3.05, 3.63) is 66.9 Å². The van der Waals surface area contributed by atoms with E-state index >= 15 is 0 Å². The van der Waals surface area contributed by atoms with E-state index in [1.165, 1.54) is 6.33 Å². The zero-order chi connectivity index (χ0) is 18.5. The van der Waals surface area contributed by atoms with Gasteiger partial charge in [-0.05, 0) is 24.3 Å². The summed E-state index contributed by atoms with van der Waals surface area (Å²) in [7, 11) is 0. The van der Waals surface area contributed by atoms with E-state index in [9.17, 15) is 4.79 Å². The molecule has 0 spiro atoms. The van der Waals surface area contributed by atoms with Gasteiger partial charge >= 0.3 is 0 Å². The third-order valence-electron chi connectivity index (χ3n) is 4.35. The molecule has 0 saturated carbocycles. The van der Waals surface area contributed by atoms with Crippen LogP contribution in [-0.2, 0) is 0 Å². The first-order valence-electron chi connectivity index (χ1n) is 8.75. The average Bonchev–Trinajstić information content (AvgIpc) is 2.75. The Labute approximate surface area is 156 Å². The van der Waals surface area contributed by atoms with Crippen molar-refractivity contribution in [2.45, 2.75) is 0 Å². The first kappa shape index (κ1) is 16.9. The second kappa shape index (κ2) is 7.77. The zero-order valence-electron chi connectivity index (χ0n) is 14.7. The summed E-state index contributed by atoms with van der Waals surface area (Å²) in [6.07, 6.45) is 4.90. The Balaban J connectivity index is 1.40. The first-order valence-corrected chi connectivity index (χ1v) is 8.75. The van der Waals surface area contributed by atoms with Gasteiger partial charge in [-0.1, -0.05) is 12.1 Å². The van der Waals surface area contributed by atoms with Gasteiger partial charge in [0.2, 0.25) is 0 Å². The maximum absolute atomic E-state index is 12.5. The maximum Gasteiger partial charge on any atom is 0.272 e. The molecule has 8 nitrogen and oxygen atoms in total. The van der Waals surface area contributed by atoms with Gasteiger partial charge in [-0.2, -0.15) is 0 Å². The summed E-state index contributed by atoms with van der Waals surface area (Å²) in [5.41, 5.74) is 0.481. The van der Waals surface area contributed by atoms with Crippen molar-refractivity contribution < 1.29 is 4.79 Å². The number of carbonyl (C=O) groups is 1. The molecule has 1 fully saturated rings. The fourth-order valence-corrected chi connectivity index (χ4v) is 2.95. The molecule has 1 aliphatic heterocycles. The monoisotopic (exact) mass is 361 g/mol. The molecule has 1 N–H and O–H groups in total. The molecule has 3 aromatic rings. The van der Waals surface area contributed by atoms with Crippen molar-refractivity contribution in [3.63, 3.8) is 0 Å². The molecule has 0 bridgehead atoms. The van der Waals surface area contributed by atoms with Gasteiger partial charge in [-0.15, -0.1) is 0 Å². The predicted octanol–water partition coefficient (Wildman–Crippen LogP) is 1.97. The second-order valence-electron chi connectivity index (χ2n) is 6.10. The number of hydrogen-bond donors (Lipinski definition) is 1.